The Morgan fingerprint density at radius 2 is 1.39 bits per heavy atom. The largest absolute Gasteiger partial charge is 0.490 e. The number of hydrogen-bond acceptors (Lipinski definition) is 5. The lowest BCUT2D eigenvalue weighted by atomic mass is 10.0. The number of carbonyl (C=O) groups is 2. The lowest BCUT2D eigenvalue weighted by Crippen LogP contribution is -2.50. The fourth-order valence-electron chi connectivity index (χ4n) is 5.58. The van der Waals surface area contributed by atoms with Crippen molar-refractivity contribution in [2.45, 2.75) is 63.8 Å². The van der Waals surface area contributed by atoms with Crippen molar-refractivity contribution in [3.05, 3.63) is 120 Å². The third kappa shape index (κ3) is 8.73. The third-order valence-corrected chi connectivity index (χ3v) is 8.16. The van der Waals surface area contributed by atoms with Crippen LogP contribution in [0.3, 0.4) is 0 Å². The number of carboxylic acid groups (broad SMARTS) is 1. The Kier molecular flexibility index (Phi) is 10.5. The van der Waals surface area contributed by atoms with E-state index in [1.165, 1.54) is 16.5 Å². The molecule has 6 N–H and O–H groups in total. The van der Waals surface area contributed by atoms with Crippen LogP contribution in [0.1, 0.15) is 48.2 Å². The van der Waals surface area contributed by atoms with Crippen molar-refractivity contribution in [2.24, 2.45) is 5.73 Å². The number of hydrogen-bond donors (Lipinski definition) is 5. The molecule has 13 heteroatoms. The minimum atomic E-state index is -5.08. The lowest BCUT2D eigenvalue weighted by Gasteiger charge is -2.25. The standard InChI is InChI=1S/C34H37N7O.C2HF3O2/c1-34(2,35)33(42)38-30(20-25-22-37-29-15-9-7-13-27(25)29)32-40-39-31(41(32)19-18-23-10-4-3-5-11-23)17-16-24-21-36-28-14-8-6-12-26(24)28;3-2(4,5)1(6)7/h3-15,21-22,30,36-37H,16-20,35H2,1-2H3,(H,38,42);(H,6,7)/t30-;/m1./s1. The number of para-hydroxylation sites is 2. The summed E-state index contributed by atoms with van der Waals surface area (Å²) in [7, 11) is 0. The number of aromatic amines is 2. The molecule has 256 valence electrons. The first-order valence-electron chi connectivity index (χ1n) is 15.8. The number of nitrogens with zero attached hydrogens (tertiary/aromatic N) is 3. The van der Waals surface area contributed by atoms with E-state index in [0.717, 1.165) is 52.9 Å². The molecule has 49 heavy (non-hydrogen) atoms. The van der Waals surface area contributed by atoms with E-state index in [-0.39, 0.29) is 5.91 Å². The number of nitrogens with one attached hydrogen (secondary N) is 3. The van der Waals surface area contributed by atoms with E-state index in [1.807, 2.05) is 30.5 Å². The molecule has 0 saturated heterocycles. The Morgan fingerprint density at radius 3 is 1.98 bits per heavy atom. The fourth-order valence-corrected chi connectivity index (χ4v) is 5.58. The van der Waals surface area contributed by atoms with E-state index in [2.05, 4.69) is 80.6 Å². The smallest absolute Gasteiger partial charge is 0.475 e. The van der Waals surface area contributed by atoms with Gasteiger partial charge in [0.15, 0.2) is 5.82 Å². The molecule has 3 aromatic carbocycles. The van der Waals surface area contributed by atoms with Gasteiger partial charge in [-0.2, -0.15) is 13.2 Å². The number of nitrogens with two attached hydrogens (primary N) is 1. The van der Waals surface area contributed by atoms with E-state index in [0.29, 0.717) is 13.0 Å². The van der Waals surface area contributed by atoms with E-state index in [9.17, 15) is 18.0 Å². The van der Waals surface area contributed by atoms with Gasteiger partial charge in [-0.25, -0.2) is 4.79 Å². The average molecular weight is 674 g/mol. The van der Waals surface area contributed by atoms with Crippen LogP contribution in [-0.2, 0) is 41.8 Å². The highest BCUT2D eigenvalue weighted by molar-refractivity contribution is 5.86. The summed E-state index contributed by atoms with van der Waals surface area (Å²) >= 11 is 0. The third-order valence-electron chi connectivity index (χ3n) is 8.16. The number of carbonyl (C=O) groups excluding carboxylic acids is 1. The van der Waals surface area contributed by atoms with Crippen LogP contribution in [0.5, 0.6) is 0 Å². The van der Waals surface area contributed by atoms with Gasteiger partial charge >= 0.3 is 12.1 Å². The predicted octanol–water partition coefficient (Wildman–Crippen LogP) is 6.04. The van der Waals surface area contributed by atoms with E-state index in [1.54, 1.807) is 13.8 Å². The molecular weight excluding hydrogens is 635 g/mol. The normalized spacial score (nSPS) is 12.4. The molecule has 1 atom stereocenters. The molecule has 3 aromatic heterocycles. The summed E-state index contributed by atoms with van der Waals surface area (Å²) in [6, 6.07) is 26.6. The Morgan fingerprint density at radius 1 is 0.837 bits per heavy atom. The number of amides is 1. The fraction of sp³-hybridized carbons (Fsp3) is 0.278. The maximum atomic E-state index is 13.2. The van der Waals surface area contributed by atoms with Crippen molar-refractivity contribution >= 4 is 33.7 Å². The molecule has 0 aliphatic carbocycles. The van der Waals surface area contributed by atoms with E-state index >= 15 is 0 Å². The van der Waals surface area contributed by atoms with Gasteiger partial charge in [-0.15, -0.1) is 10.2 Å². The lowest BCUT2D eigenvalue weighted by molar-refractivity contribution is -0.192. The topological polar surface area (TPSA) is 155 Å². The number of H-pyrrole nitrogens is 2. The minimum absolute atomic E-state index is 0.231. The molecule has 6 rings (SSSR count). The van der Waals surface area contributed by atoms with Crippen LogP contribution in [0.2, 0.25) is 0 Å². The number of aryl methyl sites for hydroxylation is 3. The number of carboxylic acids is 1. The second kappa shape index (κ2) is 14.8. The van der Waals surface area contributed by atoms with Gasteiger partial charge in [0.2, 0.25) is 5.91 Å². The second-order valence-electron chi connectivity index (χ2n) is 12.3. The quantitative estimate of drug-likeness (QED) is 0.113. The second-order valence-corrected chi connectivity index (χ2v) is 12.3. The highest BCUT2D eigenvalue weighted by Gasteiger charge is 2.38. The molecule has 0 radical (unpaired) electrons. The summed E-state index contributed by atoms with van der Waals surface area (Å²) in [5.41, 5.74) is 11.0. The zero-order valence-electron chi connectivity index (χ0n) is 27.1. The summed E-state index contributed by atoms with van der Waals surface area (Å²) in [6.45, 7) is 4.14. The Balaban J connectivity index is 0.000000606. The monoisotopic (exact) mass is 673 g/mol. The Hall–Kier alpha value is -5.43. The molecule has 0 fully saturated rings. The van der Waals surface area contributed by atoms with Crippen molar-refractivity contribution < 1.29 is 27.9 Å². The first kappa shape index (κ1) is 34.9. The summed E-state index contributed by atoms with van der Waals surface area (Å²) in [5.74, 6) is -1.35. The molecule has 3 heterocycles. The van der Waals surface area contributed by atoms with Crippen molar-refractivity contribution in [1.82, 2.24) is 30.0 Å². The molecule has 0 spiro atoms. The summed E-state index contributed by atoms with van der Waals surface area (Å²) < 4.78 is 33.9. The van der Waals surface area contributed by atoms with Gasteiger partial charge in [0, 0.05) is 53.6 Å². The van der Waals surface area contributed by atoms with Gasteiger partial charge in [0.05, 0.1) is 11.6 Å². The van der Waals surface area contributed by atoms with Crippen LogP contribution in [0.4, 0.5) is 13.2 Å². The maximum absolute atomic E-state index is 13.2. The highest BCUT2D eigenvalue weighted by atomic mass is 19.4. The van der Waals surface area contributed by atoms with Gasteiger partial charge < -0.3 is 30.7 Å². The van der Waals surface area contributed by atoms with Crippen molar-refractivity contribution in [1.29, 1.82) is 0 Å². The van der Waals surface area contributed by atoms with Crippen LogP contribution in [0.25, 0.3) is 21.8 Å². The summed E-state index contributed by atoms with van der Waals surface area (Å²) in [5, 5.41) is 22.1. The summed E-state index contributed by atoms with van der Waals surface area (Å²) in [4.78, 5) is 28.9. The van der Waals surface area contributed by atoms with Crippen molar-refractivity contribution in [3.8, 4) is 0 Å². The van der Waals surface area contributed by atoms with E-state index in [4.69, 9.17) is 25.8 Å². The molecule has 0 saturated carbocycles. The molecule has 10 nitrogen and oxygen atoms in total. The molecule has 1 amide bonds. The van der Waals surface area contributed by atoms with Crippen LogP contribution in [-0.4, -0.2) is 53.4 Å². The van der Waals surface area contributed by atoms with Gasteiger partial charge in [-0.1, -0.05) is 66.7 Å². The van der Waals surface area contributed by atoms with Crippen LogP contribution in [0, 0.1) is 0 Å². The molecule has 0 unspecified atom stereocenters. The molecule has 0 aliphatic heterocycles. The SMILES string of the molecule is CC(C)(N)C(=O)N[C@H](Cc1c[nH]c2ccccc12)c1nnc(CCc2c[nH]c3ccccc23)n1CCc1ccccc1.O=C(O)C(F)(F)F. The van der Waals surface area contributed by atoms with Gasteiger partial charge in [0.25, 0.3) is 0 Å². The maximum Gasteiger partial charge on any atom is 0.490 e. The Labute approximate surface area is 280 Å². The number of fused-ring (bicyclic) bond motifs is 2. The van der Waals surface area contributed by atoms with Crippen molar-refractivity contribution in [3.63, 3.8) is 0 Å². The first-order chi connectivity index (χ1) is 23.3. The van der Waals surface area contributed by atoms with Crippen LogP contribution < -0.4 is 11.1 Å². The number of halogens is 3. The van der Waals surface area contributed by atoms with Crippen LogP contribution >= 0.6 is 0 Å². The zero-order valence-corrected chi connectivity index (χ0v) is 27.1. The van der Waals surface area contributed by atoms with Gasteiger partial charge in [-0.05, 0) is 55.5 Å². The number of aromatic nitrogens is 5. The molecular formula is C36H38F3N7O3. The number of rotatable bonds is 11. The highest BCUT2D eigenvalue weighted by Crippen LogP contribution is 2.26. The zero-order chi connectivity index (χ0) is 35.2. The molecule has 6 aromatic rings. The van der Waals surface area contributed by atoms with Crippen molar-refractivity contribution in [2.75, 3.05) is 0 Å². The van der Waals surface area contributed by atoms with Gasteiger partial charge in [-0.3, -0.25) is 4.79 Å². The molecule has 0 bridgehead atoms. The predicted molar refractivity (Wildman–Crippen MR) is 181 cm³/mol. The van der Waals surface area contributed by atoms with E-state index < -0.39 is 23.7 Å². The minimum Gasteiger partial charge on any atom is -0.475 e. The number of aliphatic carboxylic acids is 1. The first-order valence-corrected chi connectivity index (χ1v) is 15.8. The summed E-state index contributed by atoms with van der Waals surface area (Å²) in [6.07, 6.45) is 1.93. The van der Waals surface area contributed by atoms with Gasteiger partial charge in [0.1, 0.15) is 5.82 Å². The van der Waals surface area contributed by atoms with Crippen LogP contribution in [0.15, 0.2) is 91.3 Å². The average Bonchev–Trinajstić information content (AvgIpc) is 3.79. The molecule has 0 aliphatic rings. The Bertz CT molecular complexity index is 2020. The number of alkyl halides is 3. The number of benzene rings is 3.